The number of carbonyl (C=O) groups is 5. The number of pyridine rings is 1. The van der Waals surface area contributed by atoms with Gasteiger partial charge in [-0.3, -0.25) is 29.0 Å². The Labute approximate surface area is 311 Å². The van der Waals surface area contributed by atoms with Gasteiger partial charge in [0.25, 0.3) is 11.8 Å². The molecule has 4 heterocycles. The van der Waals surface area contributed by atoms with Crippen LogP contribution < -0.4 is 16.8 Å². The number of aromatic nitrogens is 4. The molecule has 54 heavy (non-hydrogen) atoms. The second-order valence-corrected chi connectivity index (χ2v) is 17.7. The summed E-state index contributed by atoms with van der Waals surface area (Å²) in [7, 11) is -3.57. The van der Waals surface area contributed by atoms with E-state index in [0.717, 1.165) is 32.1 Å². The van der Waals surface area contributed by atoms with Crippen LogP contribution in [0.3, 0.4) is 0 Å². The van der Waals surface area contributed by atoms with E-state index in [9.17, 15) is 37.1 Å². The summed E-state index contributed by atoms with van der Waals surface area (Å²) in [4.78, 5) is 74.0. The number of rotatable bonds is 11. The lowest BCUT2D eigenvalue weighted by molar-refractivity contribution is -0.145. The zero-order chi connectivity index (χ0) is 39.2. The van der Waals surface area contributed by atoms with E-state index in [-0.39, 0.29) is 42.1 Å². The fourth-order valence-corrected chi connectivity index (χ4v) is 9.71. The van der Waals surface area contributed by atoms with Gasteiger partial charge in [-0.25, -0.2) is 17.5 Å². The number of benzene rings is 1. The number of likely N-dealkylation sites (tertiary alicyclic amines) is 1. The van der Waals surface area contributed by atoms with E-state index in [4.69, 9.17) is 11.5 Å². The van der Waals surface area contributed by atoms with Crippen LogP contribution in [-0.2, 0) is 34.6 Å². The maximum absolute atomic E-state index is 15.2. The Morgan fingerprint density at radius 3 is 2.39 bits per heavy atom. The zero-order valence-corrected chi connectivity index (χ0v) is 31.0. The predicted octanol–water partition coefficient (Wildman–Crippen LogP) is 1.31. The Balaban J connectivity index is 1.45. The first kappa shape index (κ1) is 38.9. The molecule has 6 rings (SSSR count). The lowest BCUT2D eigenvalue weighted by Gasteiger charge is -2.37. The summed E-state index contributed by atoms with van der Waals surface area (Å²) in [5, 5.41) is 22.1. The maximum Gasteiger partial charge on any atom is 0.287 e. The highest BCUT2D eigenvalue weighted by Crippen LogP contribution is 2.39. The third-order valence-corrected chi connectivity index (χ3v) is 12.8. The first-order chi connectivity index (χ1) is 25.4. The molecule has 0 bridgehead atoms. The van der Waals surface area contributed by atoms with E-state index in [0.29, 0.717) is 11.1 Å². The first-order valence-corrected chi connectivity index (χ1v) is 19.9. The summed E-state index contributed by atoms with van der Waals surface area (Å²) >= 11 is 0. The Hall–Kier alpha value is -4.84. The largest absolute Gasteiger partial charge is 0.384 e. The molecule has 2 aliphatic heterocycles. The number of ketones is 1. The van der Waals surface area contributed by atoms with Crippen LogP contribution in [0.4, 0.5) is 4.39 Å². The van der Waals surface area contributed by atoms with Gasteiger partial charge in [0.1, 0.15) is 23.0 Å². The molecule has 1 saturated carbocycles. The van der Waals surface area contributed by atoms with Gasteiger partial charge in [-0.1, -0.05) is 37.3 Å². The highest BCUT2D eigenvalue weighted by molar-refractivity contribution is 7.91. The SMILES string of the molecule is CC(C)(O)c1cnnn1[C@H]1C[C@@H](C(=O)NC2(C(=O)C(N)=O)CCS(=O)(=O)CC2)N(C(=O)[C@H](CC2CCCCC2)c2nc3cc(F)ccc3cc2C(N)=O)C1. The van der Waals surface area contributed by atoms with Gasteiger partial charge in [-0.15, -0.1) is 5.10 Å². The number of hydrogen-bond acceptors (Lipinski definition) is 11. The Morgan fingerprint density at radius 2 is 1.76 bits per heavy atom. The number of carbonyl (C=O) groups excluding carboxylic acids is 5. The highest BCUT2D eigenvalue weighted by atomic mass is 32.2. The van der Waals surface area contributed by atoms with Crippen LogP contribution in [0.1, 0.15) is 105 Å². The average Bonchev–Trinajstić information content (AvgIpc) is 3.80. The summed E-state index contributed by atoms with van der Waals surface area (Å²) < 4.78 is 40.6. The number of nitrogens with one attached hydrogen (secondary N) is 1. The zero-order valence-electron chi connectivity index (χ0n) is 30.2. The fourth-order valence-electron chi connectivity index (χ4n) is 8.19. The molecule has 1 aliphatic carbocycles. The molecule has 2 saturated heterocycles. The van der Waals surface area contributed by atoms with Gasteiger partial charge in [-0.2, -0.15) is 0 Å². The third kappa shape index (κ3) is 7.85. The van der Waals surface area contributed by atoms with Crippen molar-refractivity contribution in [3.8, 4) is 0 Å². The molecule has 4 amide bonds. The molecule has 0 radical (unpaired) electrons. The minimum atomic E-state index is -3.57. The van der Waals surface area contributed by atoms with Crippen molar-refractivity contribution in [2.75, 3.05) is 18.1 Å². The maximum atomic E-state index is 15.2. The minimum Gasteiger partial charge on any atom is -0.384 e. The number of hydrogen-bond donors (Lipinski definition) is 4. The van der Waals surface area contributed by atoms with Crippen molar-refractivity contribution in [2.45, 2.75) is 101 Å². The van der Waals surface area contributed by atoms with Crippen LogP contribution >= 0.6 is 0 Å². The number of halogens is 1. The van der Waals surface area contributed by atoms with E-state index in [1.807, 2.05) is 0 Å². The van der Waals surface area contributed by atoms with Gasteiger partial charge in [-0.05, 0) is 57.2 Å². The van der Waals surface area contributed by atoms with E-state index in [2.05, 4.69) is 20.6 Å². The standard InChI is InChI=1S/C36H45FN8O8S/c1-35(2,51)28-18-40-43-45(28)23-17-27(33(49)42-36(30(46)32(39)48)10-12-54(52,53)13-11-36)44(19-23)34(50)25(14-20-6-4-3-5-7-20)29-24(31(38)47)15-21-8-9-22(37)16-26(21)41-29/h8-9,15-16,18,20,23,25,27,51H,3-7,10-14,17,19H2,1-2H3,(H2,38,47)(H2,39,48)(H,42,49)/t23-,25+,27-/m0/s1. The summed E-state index contributed by atoms with van der Waals surface area (Å²) in [5.74, 6) is -7.42. The summed E-state index contributed by atoms with van der Waals surface area (Å²) in [6, 6.07) is 3.29. The van der Waals surface area contributed by atoms with E-state index in [1.165, 1.54) is 53.9 Å². The lowest BCUT2D eigenvalue weighted by atomic mass is 9.80. The van der Waals surface area contributed by atoms with Crippen molar-refractivity contribution in [3.63, 3.8) is 0 Å². The van der Waals surface area contributed by atoms with Crippen molar-refractivity contribution < 1.29 is 41.9 Å². The fraction of sp³-hybridized carbons (Fsp3) is 0.556. The van der Waals surface area contributed by atoms with Crippen molar-refractivity contribution in [2.24, 2.45) is 17.4 Å². The molecule has 3 fully saturated rings. The van der Waals surface area contributed by atoms with Crippen molar-refractivity contribution in [1.82, 2.24) is 30.2 Å². The molecule has 1 aromatic carbocycles. The predicted molar refractivity (Wildman–Crippen MR) is 192 cm³/mol. The number of aliphatic hydroxyl groups is 1. The number of primary amides is 2. The van der Waals surface area contributed by atoms with Crippen molar-refractivity contribution >= 4 is 50.2 Å². The Kier molecular flexibility index (Phi) is 10.6. The van der Waals surface area contributed by atoms with Gasteiger partial charge in [0.05, 0.1) is 52.1 Å². The first-order valence-electron chi connectivity index (χ1n) is 18.1. The molecule has 16 nitrogen and oxygen atoms in total. The van der Waals surface area contributed by atoms with Gasteiger partial charge in [0.15, 0.2) is 9.84 Å². The van der Waals surface area contributed by atoms with Gasteiger partial charge < -0.3 is 26.8 Å². The van der Waals surface area contributed by atoms with Crippen LogP contribution in [0.5, 0.6) is 0 Å². The van der Waals surface area contributed by atoms with Gasteiger partial charge >= 0.3 is 0 Å². The minimum absolute atomic E-state index is 0.0324. The summed E-state index contributed by atoms with van der Waals surface area (Å²) in [6.07, 6.45) is 5.22. The highest BCUT2D eigenvalue weighted by Gasteiger charge is 2.51. The van der Waals surface area contributed by atoms with Crippen LogP contribution in [0.2, 0.25) is 0 Å². The van der Waals surface area contributed by atoms with Crippen molar-refractivity contribution in [1.29, 1.82) is 0 Å². The average molecular weight is 769 g/mol. The van der Waals surface area contributed by atoms with E-state index in [1.54, 1.807) is 0 Å². The van der Waals surface area contributed by atoms with Crippen LogP contribution in [-0.4, -0.2) is 97.4 Å². The molecule has 3 atom stereocenters. The van der Waals surface area contributed by atoms with Crippen LogP contribution in [0.25, 0.3) is 10.9 Å². The number of amides is 4. The number of Topliss-reactive ketones (excluding diaryl/α,β-unsaturated/α-hetero) is 1. The monoisotopic (exact) mass is 768 g/mol. The Bertz CT molecular complexity index is 2100. The smallest absolute Gasteiger partial charge is 0.287 e. The molecule has 3 aliphatic rings. The summed E-state index contributed by atoms with van der Waals surface area (Å²) in [5.41, 5.74) is 8.40. The quantitative estimate of drug-likeness (QED) is 0.202. The molecule has 0 spiro atoms. The number of fused-ring (bicyclic) bond motifs is 1. The molecule has 0 unspecified atom stereocenters. The second-order valence-electron chi connectivity index (χ2n) is 15.4. The molecule has 290 valence electrons. The van der Waals surface area contributed by atoms with Gasteiger partial charge in [0.2, 0.25) is 17.6 Å². The second kappa shape index (κ2) is 14.8. The molecular weight excluding hydrogens is 724 g/mol. The molecule has 3 aromatic rings. The number of nitrogens with two attached hydrogens (primary N) is 2. The third-order valence-electron chi connectivity index (χ3n) is 11.1. The number of nitrogens with zero attached hydrogens (tertiary/aromatic N) is 5. The molecule has 2 aromatic heterocycles. The lowest BCUT2D eigenvalue weighted by Crippen LogP contribution is -2.64. The van der Waals surface area contributed by atoms with Crippen LogP contribution in [0.15, 0.2) is 30.5 Å². The summed E-state index contributed by atoms with van der Waals surface area (Å²) in [6.45, 7) is 2.92. The van der Waals surface area contributed by atoms with Crippen molar-refractivity contribution in [3.05, 3.63) is 53.2 Å². The normalized spacial score (nSPS) is 22.1. The molecular formula is C36H45FN8O8S. The Morgan fingerprint density at radius 1 is 1.07 bits per heavy atom. The van der Waals surface area contributed by atoms with Gasteiger partial charge in [0, 0.05) is 24.4 Å². The molecule has 6 N–H and O–H groups in total. The number of sulfone groups is 1. The van der Waals surface area contributed by atoms with E-state index >= 15 is 4.79 Å². The molecule has 18 heteroatoms. The topological polar surface area (TPSA) is 251 Å². The van der Waals surface area contributed by atoms with E-state index < -0.39 is 98.6 Å². The van der Waals surface area contributed by atoms with Crippen LogP contribution in [0, 0.1) is 11.7 Å².